The first-order chi connectivity index (χ1) is 16.0. The van der Waals surface area contributed by atoms with Crippen LogP contribution in [0.2, 0.25) is 0 Å². The third-order valence-electron chi connectivity index (χ3n) is 5.33. The van der Waals surface area contributed by atoms with Crippen molar-refractivity contribution in [3.63, 3.8) is 0 Å². The molecule has 3 aromatic rings. The standard InChI is InChI=1S/C22H14F3N3O6/c23-22(24,25)12-3-1-11(2-4-12)14-9-34-15-6-10(7-26)5-13-18(15)28(14)21(33)17(19(13)31)20(32)27-8-16(29)30/h1-6,14,31H,8-9H2,(H,27,32)(H,29,30). The van der Waals surface area contributed by atoms with Crippen LogP contribution in [0.25, 0.3) is 10.9 Å². The second kappa shape index (κ2) is 8.11. The number of benzene rings is 2. The second-order valence-electron chi connectivity index (χ2n) is 7.40. The zero-order valence-corrected chi connectivity index (χ0v) is 17.0. The van der Waals surface area contributed by atoms with Crippen molar-refractivity contribution >= 4 is 22.8 Å². The molecule has 9 nitrogen and oxygen atoms in total. The maximum atomic E-state index is 13.4. The lowest BCUT2D eigenvalue weighted by atomic mass is 9.99. The molecule has 0 bridgehead atoms. The number of ether oxygens (including phenoxy) is 1. The molecule has 1 atom stereocenters. The molecular weight excluding hydrogens is 459 g/mol. The van der Waals surface area contributed by atoms with Gasteiger partial charge in [-0.25, -0.2) is 0 Å². The number of nitrogens with one attached hydrogen (secondary N) is 1. The number of hydrogen-bond donors (Lipinski definition) is 3. The van der Waals surface area contributed by atoms with Gasteiger partial charge in [0.05, 0.1) is 28.8 Å². The number of nitriles is 1. The Balaban J connectivity index is 1.97. The van der Waals surface area contributed by atoms with Gasteiger partial charge in [-0.05, 0) is 23.8 Å². The Bertz CT molecular complexity index is 1440. The van der Waals surface area contributed by atoms with Crippen LogP contribution in [0, 0.1) is 11.3 Å². The molecule has 34 heavy (non-hydrogen) atoms. The number of rotatable bonds is 4. The molecule has 0 aliphatic carbocycles. The molecule has 0 spiro atoms. The Hall–Kier alpha value is -4.53. The molecule has 0 saturated heterocycles. The number of carbonyl (C=O) groups is 2. The van der Waals surface area contributed by atoms with Gasteiger partial charge in [0.1, 0.15) is 30.2 Å². The average molecular weight is 473 g/mol. The molecule has 2 heterocycles. The summed E-state index contributed by atoms with van der Waals surface area (Å²) >= 11 is 0. The lowest BCUT2D eigenvalue weighted by molar-refractivity contribution is -0.138. The number of carboxylic acid groups (broad SMARTS) is 1. The Kier molecular flexibility index (Phi) is 5.40. The van der Waals surface area contributed by atoms with Gasteiger partial charge in [0, 0.05) is 11.5 Å². The molecule has 4 rings (SSSR count). The third-order valence-corrected chi connectivity index (χ3v) is 5.33. The summed E-state index contributed by atoms with van der Waals surface area (Å²) in [6.07, 6.45) is -4.57. The van der Waals surface area contributed by atoms with Gasteiger partial charge in [-0.15, -0.1) is 0 Å². The fourth-order valence-electron chi connectivity index (χ4n) is 3.80. The topological polar surface area (TPSA) is 142 Å². The van der Waals surface area contributed by atoms with E-state index < -0.39 is 53.1 Å². The Morgan fingerprint density at radius 3 is 2.50 bits per heavy atom. The zero-order chi connectivity index (χ0) is 24.8. The summed E-state index contributed by atoms with van der Waals surface area (Å²) < 4.78 is 45.7. The van der Waals surface area contributed by atoms with Gasteiger partial charge < -0.3 is 20.3 Å². The van der Waals surface area contributed by atoms with E-state index in [0.717, 1.165) is 16.7 Å². The van der Waals surface area contributed by atoms with E-state index in [1.807, 2.05) is 11.4 Å². The quantitative estimate of drug-likeness (QED) is 0.528. The second-order valence-corrected chi connectivity index (χ2v) is 7.40. The van der Waals surface area contributed by atoms with E-state index in [9.17, 15) is 37.9 Å². The van der Waals surface area contributed by atoms with E-state index >= 15 is 0 Å². The maximum Gasteiger partial charge on any atom is 0.416 e. The van der Waals surface area contributed by atoms with Crippen LogP contribution in [0.4, 0.5) is 13.2 Å². The van der Waals surface area contributed by atoms with Crippen LogP contribution in [0.1, 0.15) is 33.1 Å². The molecule has 0 radical (unpaired) electrons. The lowest BCUT2D eigenvalue weighted by Crippen LogP contribution is -2.39. The van der Waals surface area contributed by atoms with Crippen LogP contribution in [0.5, 0.6) is 11.5 Å². The highest BCUT2D eigenvalue weighted by Crippen LogP contribution is 2.40. The Morgan fingerprint density at radius 2 is 1.91 bits per heavy atom. The Labute approximate surface area is 188 Å². The number of halogens is 3. The van der Waals surface area contributed by atoms with Crippen LogP contribution in [0.3, 0.4) is 0 Å². The van der Waals surface area contributed by atoms with E-state index in [1.54, 1.807) is 0 Å². The number of carboxylic acids is 1. The number of amides is 1. The molecule has 1 aromatic heterocycles. The number of hydrogen-bond acceptors (Lipinski definition) is 6. The van der Waals surface area contributed by atoms with Crippen molar-refractivity contribution in [2.75, 3.05) is 13.2 Å². The van der Waals surface area contributed by atoms with Gasteiger partial charge in [0.2, 0.25) is 0 Å². The average Bonchev–Trinajstić information content (AvgIpc) is 2.80. The van der Waals surface area contributed by atoms with Gasteiger partial charge in [0.25, 0.3) is 11.5 Å². The number of aliphatic carboxylic acids is 1. The summed E-state index contributed by atoms with van der Waals surface area (Å²) in [6.45, 7) is -1.05. The molecule has 174 valence electrons. The SMILES string of the molecule is N#Cc1cc2c3c(c1)c(O)c(C(=O)NCC(=O)O)c(=O)n3C(c1ccc(C(F)(F)F)cc1)CO2. The van der Waals surface area contributed by atoms with Gasteiger partial charge >= 0.3 is 12.1 Å². The first-order valence-corrected chi connectivity index (χ1v) is 9.68. The smallest absolute Gasteiger partial charge is 0.416 e. The van der Waals surface area contributed by atoms with E-state index in [-0.39, 0.29) is 34.4 Å². The highest BCUT2D eigenvalue weighted by Gasteiger charge is 2.34. The number of alkyl halides is 3. The number of nitrogens with zero attached hydrogens (tertiary/aromatic N) is 2. The molecule has 0 fully saturated rings. The Morgan fingerprint density at radius 1 is 1.24 bits per heavy atom. The van der Waals surface area contributed by atoms with E-state index in [4.69, 9.17) is 9.84 Å². The predicted octanol–water partition coefficient (Wildman–Crippen LogP) is 2.39. The highest BCUT2D eigenvalue weighted by atomic mass is 19.4. The molecule has 1 amide bonds. The monoisotopic (exact) mass is 473 g/mol. The summed E-state index contributed by atoms with van der Waals surface area (Å²) in [5.74, 6) is -3.28. The van der Waals surface area contributed by atoms with Crippen LogP contribution in [-0.4, -0.2) is 39.8 Å². The van der Waals surface area contributed by atoms with E-state index in [1.165, 1.54) is 24.3 Å². The normalized spacial score (nSPS) is 14.8. The van der Waals surface area contributed by atoms with Crippen molar-refractivity contribution in [1.82, 2.24) is 9.88 Å². The minimum Gasteiger partial charge on any atom is -0.506 e. The predicted molar refractivity (Wildman–Crippen MR) is 110 cm³/mol. The number of aromatic hydroxyl groups is 1. The minimum absolute atomic E-state index is 0.0347. The molecule has 1 aliphatic rings. The fourth-order valence-corrected chi connectivity index (χ4v) is 3.80. The number of pyridine rings is 1. The summed E-state index contributed by atoms with van der Waals surface area (Å²) in [7, 11) is 0. The number of aromatic nitrogens is 1. The molecule has 12 heteroatoms. The third kappa shape index (κ3) is 3.77. The lowest BCUT2D eigenvalue weighted by Gasteiger charge is -2.30. The van der Waals surface area contributed by atoms with Crippen molar-refractivity contribution in [1.29, 1.82) is 5.26 Å². The maximum absolute atomic E-state index is 13.4. The van der Waals surface area contributed by atoms with Gasteiger partial charge in [-0.2, -0.15) is 18.4 Å². The number of carbonyl (C=O) groups excluding carboxylic acids is 1. The zero-order valence-electron chi connectivity index (χ0n) is 17.0. The first kappa shape index (κ1) is 22.7. The van der Waals surface area contributed by atoms with E-state index in [2.05, 4.69) is 0 Å². The first-order valence-electron chi connectivity index (χ1n) is 9.68. The van der Waals surface area contributed by atoms with Gasteiger partial charge in [-0.1, -0.05) is 12.1 Å². The molecule has 0 saturated carbocycles. The van der Waals surface area contributed by atoms with Crippen LogP contribution >= 0.6 is 0 Å². The van der Waals surface area contributed by atoms with Crippen LogP contribution < -0.4 is 15.6 Å². The summed E-state index contributed by atoms with van der Waals surface area (Å²) in [5.41, 5.74) is -2.33. The summed E-state index contributed by atoms with van der Waals surface area (Å²) in [6, 6.07) is 7.44. The summed E-state index contributed by atoms with van der Waals surface area (Å²) in [5, 5.41) is 30.8. The van der Waals surface area contributed by atoms with Gasteiger partial charge in [-0.3, -0.25) is 19.0 Å². The molecule has 2 aromatic carbocycles. The molecular formula is C22H14F3N3O6. The minimum atomic E-state index is -4.57. The van der Waals surface area contributed by atoms with Crippen molar-refractivity contribution in [2.45, 2.75) is 12.2 Å². The van der Waals surface area contributed by atoms with Crippen molar-refractivity contribution in [2.24, 2.45) is 0 Å². The van der Waals surface area contributed by atoms with Crippen LogP contribution in [-0.2, 0) is 11.0 Å². The molecule has 1 aliphatic heterocycles. The largest absolute Gasteiger partial charge is 0.506 e. The van der Waals surface area contributed by atoms with Crippen molar-refractivity contribution in [3.05, 3.63) is 69.0 Å². The summed E-state index contributed by atoms with van der Waals surface area (Å²) in [4.78, 5) is 36.8. The van der Waals surface area contributed by atoms with Crippen LogP contribution in [0.15, 0.2) is 41.2 Å². The van der Waals surface area contributed by atoms with E-state index in [0.29, 0.717) is 0 Å². The molecule has 1 unspecified atom stereocenters. The van der Waals surface area contributed by atoms with Crippen molar-refractivity contribution < 1.29 is 37.7 Å². The highest BCUT2D eigenvalue weighted by molar-refractivity contribution is 6.04. The fraction of sp³-hybridized carbons (Fsp3) is 0.182. The molecule has 3 N–H and O–H groups in total. The van der Waals surface area contributed by atoms with Crippen molar-refractivity contribution in [3.8, 4) is 17.6 Å². The van der Waals surface area contributed by atoms with Gasteiger partial charge in [0.15, 0.2) is 0 Å².